The smallest absolute Gasteiger partial charge is 0.326 e. The van der Waals surface area contributed by atoms with E-state index >= 15 is 0 Å². The highest BCUT2D eigenvalue weighted by molar-refractivity contribution is 9.10. The number of rotatable bonds is 8. The molecule has 3 rings (SSSR count). The molecule has 32 heavy (non-hydrogen) atoms. The van der Waals surface area contributed by atoms with Gasteiger partial charge in [-0.15, -0.1) is 0 Å². The van der Waals surface area contributed by atoms with Crippen molar-refractivity contribution in [3.05, 3.63) is 98.5 Å². The maximum Gasteiger partial charge on any atom is 0.326 e. The van der Waals surface area contributed by atoms with Crippen LogP contribution in [0.3, 0.4) is 0 Å². The first-order valence-corrected chi connectivity index (χ1v) is 11.0. The molecule has 0 bridgehead atoms. The van der Waals surface area contributed by atoms with Crippen molar-refractivity contribution in [2.45, 2.75) is 12.5 Å². The molecule has 7 nitrogen and oxygen atoms in total. The first-order chi connectivity index (χ1) is 15.3. The van der Waals surface area contributed by atoms with Gasteiger partial charge in [-0.05, 0) is 57.4 Å². The molecule has 164 valence electrons. The van der Waals surface area contributed by atoms with Crippen LogP contribution in [0, 0.1) is 0 Å². The normalized spacial score (nSPS) is 12.1. The van der Waals surface area contributed by atoms with Crippen molar-refractivity contribution >= 4 is 55.7 Å². The molecule has 1 aromatic heterocycles. The van der Waals surface area contributed by atoms with E-state index in [1.54, 1.807) is 54.6 Å². The van der Waals surface area contributed by atoms with E-state index in [0.717, 1.165) is 10.0 Å². The second kappa shape index (κ2) is 10.9. The fourth-order valence-corrected chi connectivity index (χ4v) is 3.36. The fraction of sp³-hybridized carbons (Fsp3) is 0.0870. The Balaban J connectivity index is 1.85. The Morgan fingerprint density at radius 3 is 2.25 bits per heavy atom. The van der Waals surface area contributed by atoms with Crippen LogP contribution in [-0.4, -0.2) is 28.9 Å². The Morgan fingerprint density at radius 1 is 0.969 bits per heavy atom. The predicted octanol–water partition coefficient (Wildman–Crippen LogP) is 4.39. The summed E-state index contributed by atoms with van der Waals surface area (Å²) in [5, 5.41) is 14.6. The Morgan fingerprint density at radius 2 is 1.66 bits per heavy atom. The van der Waals surface area contributed by atoms with Crippen molar-refractivity contribution in [2.75, 3.05) is 0 Å². The van der Waals surface area contributed by atoms with Gasteiger partial charge >= 0.3 is 5.97 Å². The lowest BCUT2D eigenvalue weighted by Gasteiger charge is -2.16. The van der Waals surface area contributed by atoms with Gasteiger partial charge in [0.1, 0.15) is 11.7 Å². The Hall–Kier alpha value is -3.17. The third-order valence-electron chi connectivity index (χ3n) is 4.36. The van der Waals surface area contributed by atoms with Crippen molar-refractivity contribution in [1.82, 2.24) is 10.6 Å². The van der Waals surface area contributed by atoms with Crippen LogP contribution in [0.1, 0.15) is 21.7 Å². The van der Waals surface area contributed by atoms with Gasteiger partial charge in [0.05, 0.1) is 0 Å². The number of carboxylic acids is 1. The van der Waals surface area contributed by atoms with Crippen LogP contribution in [0.15, 0.2) is 86.0 Å². The summed E-state index contributed by atoms with van der Waals surface area (Å²) in [5.74, 6) is -2.59. The molecule has 9 heteroatoms. The van der Waals surface area contributed by atoms with Crippen LogP contribution < -0.4 is 10.6 Å². The number of nitrogens with one attached hydrogen (secondary N) is 2. The van der Waals surface area contributed by atoms with Gasteiger partial charge in [-0.25, -0.2) is 4.79 Å². The summed E-state index contributed by atoms with van der Waals surface area (Å²) < 4.78 is 6.44. The molecule has 0 aliphatic heterocycles. The number of aliphatic carboxylic acids is 1. The number of hydrogen-bond acceptors (Lipinski definition) is 4. The quantitative estimate of drug-likeness (QED) is 0.353. The molecule has 0 fully saturated rings. The molecule has 1 atom stereocenters. The summed E-state index contributed by atoms with van der Waals surface area (Å²) in [4.78, 5) is 37.3. The summed E-state index contributed by atoms with van der Waals surface area (Å²) >= 11 is 6.47. The Labute approximate surface area is 200 Å². The van der Waals surface area contributed by atoms with Gasteiger partial charge in [0.2, 0.25) is 0 Å². The van der Waals surface area contributed by atoms with Crippen molar-refractivity contribution in [3.8, 4) is 0 Å². The van der Waals surface area contributed by atoms with Crippen LogP contribution in [-0.2, 0) is 16.0 Å². The van der Waals surface area contributed by atoms with E-state index in [4.69, 9.17) is 4.42 Å². The number of carbonyl (C=O) groups is 3. The molecular formula is C23H18Br2N2O5. The Kier molecular flexibility index (Phi) is 8.02. The lowest BCUT2D eigenvalue weighted by atomic mass is 10.1. The summed E-state index contributed by atoms with van der Waals surface area (Å²) in [6.45, 7) is 0. The number of amides is 2. The van der Waals surface area contributed by atoms with Gasteiger partial charge in [-0.3, -0.25) is 9.59 Å². The molecule has 3 N–H and O–H groups in total. The second-order valence-corrected chi connectivity index (χ2v) is 8.42. The SMILES string of the molecule is O=C(N[C@@H](Cc1ccccc1)C(=O)O)/C(=C\c1ccc(Br)cc1)NC(=O)c1ccc(Br)o1. The van der Waals surface area contributed by atoms with Crippen LogP contribution in [0.25, 0.3) is 6.08 Å². The van der Waals surface area contributed by atoms with E-state index in [9.17, 15) is 19.5 Å². The van der Waals surface area contributed by atoms with E-state index in [-0.39, 0.29) is 17.9 Å². The molecule has 0 spiro atoms. The van der Waals surface area contributed by atoms with Crippen molar-refractivity contribution < 1.29 is 23.9 Å². The molecule has 2 amide bonds. The average molecular weight is 562 g/mol. The lowest BCUT2D eigenvalue weighted by molar-refractivity contribution is -0.141. The highest BCUT2D eigenvalue weighted by Crippen LogP contribution is 2.16. The van der Waals surface area contributed by atoms with E-state index in [1.807, 2.05) is 6.07 Å². The molecular weight excluding hydrogens is 544 g/mol. The minimum atomic E-state index is -1.19. The molecule has 2 aromatic carbocycles. The molecule has 1 heterocycles. The molecule has 0 unspecified atom stereocenters. The number of hydrogen-bond donors (Lipinski definition) is 3. The van der Waals surface area contributed by atoms with E-state index in [2.05, 4.69) is 42.5 Å². The number of furan rings is 1. The van der Waals surface area contributed by atoms with Crippen LogP contribution in [0.2, 0.25) is 0 Å². The summed E-state index contributed by atoms with van der Waals surface area (Å²) in [7, 11) is 0. The monoisotopic (exact) mass is 560 g/mol. The maximum atomic E-state index is 13.0. The minimum Gasteiger partial charge on any atom is -0.480 e. The van der Waals surface area contributed by atoms with Crippen LogP contribution >= 0.6 is 31.9 Å². The van der Waals surface area contributed by atoms with Crippen molar-refractivity contribution in [3.63, 3.8) is 0 Å². The fourth-order valence-electron chi connectivity index (χ4n) is 2.79. The van der Waals surface area contributed by atoms with Gasteiger partial charge in [0.25, 0.3) is 11.8 Å². The van der Waals surface area contributed by atoms with Crippen molar-refractivity contribution in [2.24, 2.45) is 0 Å². The highest BCUT2D eigenvalue weighted by Gasteiger charge is 2.24. The van der Waals surface area contributed by atoms with Gasteiger partial charge in [-0.2, -0.15) is 0 Å². The molecule has 0 saturated carbocycles. The maximum absolute atomic E-state index is 13.0. The second-order valence-electron chi connectivity index (χ2n) is 6.72. The molecule has 0 aliphatic rings. The first kappa shape index (κ1) is 23.5. The standard InChI is InChI=1S/C23H18Br2N2O5/c24-16-8-6-15(7-9-16)12-17(26-22(29)19-10-11-20(25)32-19)21(28)27-18(23(30)31)13-14-4-2-1-3-5-14/h1-12,18H,13H2,(H,26,29)(H,27,28)(H,30,31)/b17-12+/t18-/m0/s1. The van der Waals surface area contributed by atoms with Crippen LogP contribution in [0.4, 0.5) is 0 Å². The molecule has 0 radical (unpaired) electrons. The van der Waals surface area contributed by atoms with Gasteiger partial charge < -0.3 is 20.2 Å². The van der Waals surface area contributed by atoms with Crippen LogP contribution in [0.5, 0.6) is 0 Å². The largest absolute Gasteiger partial charge is 0.480 e. The third kappa shape index (κ3) is 6.66. The van der Waals surface area contributed by atoms with Gasteiger partial charge in [-0.1, -0.05) is 58.4 Å². The zero-order valence-electron chi connectivity index (χ0n) is 16.5. The number of carbonyl (C=O) groups excluding carboxylic acids is 2. The number of halogens is 2. The molecule has 3 aromatic rings. The van der Waals surface area contributed by atoms with E-state index < -0.39 is 23.8 Å². The predicted molar refractivity (Wildman–Crippen MR) is 126 cm³/mol. The zero-order valence-corrected chi connectivity index (χ0v) is 19.7. The number of benzene rings is 2. The average Bonchev–Trinajstić information content (AvgIpc) is 3.21. The summed E-state index contributed by atoms with van der Waals surface area (Å²) in [5.41, 5.74) is 1.27. The summed E-state index contributed by atoms with van der Waals surface area (Å²) in [6, 6.07) is 17.8. The first-order valence-electron chi connectivity index (χ1n) is 9.43. The minimum absolute atomic E-state index is 0.00884. The molecule has 0 saturated heterocycles. The summed E-state index contributed by atoms with van der Waals surface area (Å²) in [6.07, 6.45) is 1.55. The van der Waals surface area contributed by atoms with Crippen molar-refractivity contribution in [1.29, 1.82) is 0 Å². The van der Waals surface area contributed by atoms with E-state index in [1.165, 1.54) is 12.1 Å². The highest BCUT2D eigenvalue weighted by atomic mass is 79.9. The zero-order chi connectivity index (χ0) is 23.1. The lowest BCUT2D eigenvalue weighted by Crippen LogP contribution is -2.45. The molecule has 0 aliphatic carbocycles. The topological polar surface area (TPSA) is 109 Å². The third-order valence-corrected chi connectivity index (χ3v) is 5.31. The van der Waals surface area contributed by atoms with Gasteiger partial charge in [0, 0.05) is 10.9 Å². The number of carboxylic acid groups (broad SMARTS) is 1. The van der Waals surface area contributed by atoms with E-state index in [0.29, 0.717) is 10.2 Å². The van der Waals surface area contributed by atoms with Gasteiger partial charge in [0.15, 0.2) is 10.4 Å². The Bertz CT molecular complexity index is 1140.